The molecule has 0 aromatic carbocycles. The Morgan fingerprint density at radius 3 is 2.79 bits per heavy atom. The Kier molecular flexibility index (Phi) is 5.14. The maximum Gasteiger partial charge on any atom is 0.294 e. The highest BCUT2D eigenvalue weighted by Gasteiger charge is 2.03. The van der Waals surface area contributed by atoms with E-state index >= 15 is 0 Å². The lowest BCUT2D eigenvalue weighted by Crippen LogP contribution is -2.15. The Labute approximate surface area is 92.8 Å². The fourth-order valence-corrected chi connectivity index (χ4v) is 1.67. The molecule has 0 unspecified atom stereocenters. The van der Waals surface area contributed by atoms with Gasteiger partial charge in [-0.3, -0.25) is 0 Å². The second-order valence-corrected chi connectivity index (χ2v) is 4.39. The van der Waals surface area contributed by atoms with Crippen molar-refractivity contribution in [2.24, 2.45) is 0 Å². The molecule has 1 rings (SSSR count). The summed E-state index contributed by atoms with van der Waals surface area (Å²) in [5, 5.41) is 9.11. The molecular formula is C8H14ClN3OS. The maximum atomic E-state index is 5.59. The summed E-state index contributed by atoms with van der Waals surface area (Å²) in [5.41, 5.74) is 0. The van der Waals surface area contributed by atoms with Crippen LogP contribution in [0, 0.1) is 0 Å². The first-order chi connectivity index (χ1) is 6.72. The number of aromatic nitrogens is 2. The first-order valence-corrected chi connectivity index (χ1v) is 5.73. The van der Waals surface area contributed by atoms with Crippen LogP contribution in [-0.2, 0) is 5.88 Å². The van der Waals surface area contributed by atoms with Gasteiger partial charge >= 0.3 is 0 Å². The highest BCUT2D eigenvalue weighted by molar-refractivity contribution is 7.13. The third-order valence-corrected chi connectivity index (χ3v) is 2.79. The van der Waals surface area contributed by atoms with Crippen molar-refractivity contribution in [3.8, 4) is 5.19 Å². The lowest BCUT2D eigenvalue weighted by molar-refractivity contribution is 0.279. The van der Waals surface area contributed by atoms with E-state index in [1.165, 1.54) is 11.3 Å². The molecule has 0 atom stereocenters. The maximum absolute atomic E-state index is 5.59. The van der Waals surface area contributed by atoms with Gasteiger partial charge in [-0.15, -0.1) is 21.8 Å². The third-order valence-electron chi connectivity index (χ3n) is 1.54. The molecule has 0 spiro atoms. The van der Waals surface area contributed by atoms with Gasteiger partial charge in [0.15, 0.2) is 0 Å². The summed E-state index contributed by atoms with van der Waals surface area (Å²) < 4.78 is 5.40. The van der Waals surface area contributed by atoms with Crippen molar-refractivity contribution in [3.63, 3.8) is 0 Å². The zero-order chi connectivity index (χ0) is 10.4. The zero-order valence-electron chi connectivity index (χ0n) is 8.36. The number of ether oxygens (including phenoxy) is 1. The van der Waals surface area contributed by atoms with Gasteiger partial charge in [0, 0.05) is 6.54 Å². The predicted molar refractivity (Wildman–Crippen MR) is 58.1 cm³/mol. The summed E-state index contributed by atoms with van der Waals surface area (Å²) in [4.78, 5) is 2.12. The molecular weight excluding hydrogens is 222 g/mol. The normalized spacial score (nSPS) is 10.9. The van der Waals surface area contributed by atoms with Crippen molar-refractivity contribution >= 4 is 22.9 Å². The first kappa shape index (κ1) is 11.7. The zero-order valence-corrected chi connectivity index (χ0v) is 9.94. The van der Waals surface area contributed by atoms with Crippen LogP contribution >= 0.6 is 22.9 Å². The molecule has 4 nitrogen and oxygen atoms in total. The third kappa shape index (κ3) is 4.21. The molecule has 0 saturated heterocycles. The van der Waals surface area contributed by atoms with Gasteiger partial charge in [0.05, 0.1) is 12.5 Å². The van der Waals surface area contributed by atoms with E-state index in [2.05, 4.69) is 15.1 Å². The number of hydrogen-bond donors (Lipinski definition) is 0. The number of alkyl halides is 1. The molecule has 0 aliphatic rings. The van der Waals surface area contributed by atoms with Crippen molar-refractivity contribution in [2.75, 3.05) is 27.2 Å². The highest BCUT2D eigenvalue weighted by Crippen LogP contribution is 2.18. The molecule has 1 aromatic rings. The summed E-state index contributed by atoms with van der Waals surface area (Å²) in [6.45, 7) is 1.69. The standard InChI is InChI=1S/C8H14ClN3OS/c1-12(2)4-3-5-13-8-11-10-7(6-9)14-8/h3-6H2,1-2H3. The Hall–Kier alpha value is -0.390. The topological polar surface area (TPSA) is 38.2 Å². The van der Waals surface area contributed by atoms with Crippen LogP contribution in [0.25, 0.3) is 0 Å². The van der Waals surface area contributed by atoms with Crippen molar-refractivity contribution in [1.82, 2.24) is 15.1 Å². The summed E-state index contributed by atoms with van der Waals surface area (Å²) >= 11 is 6.99. The quantitative estimate of drug-likeness (QED) is 0.555. The summed E-state index contributed by atoms with van der Waals surface area (Å²) in [6, 6.07) is 0. The van der Waals surface area contributed by atoms with Gasteiger partial charge in [-0.1, -0.05) is 11.3 Å². The molecule has 6 heteroatoms. The molecule has 1 heterocycles. The van der Waals surface area contributed by atoms with E-state index in [9.17, 15) is 0 Å². The minimum atomic E-state index is 0.402. The minimum absolute atomic E-state index is 0.402. The van der Waals surface area contributed by atoms with Gasteiger partial charge in [-0.2, -0.15) is 0 Å². The van der Waals surface area contributed by atoms with Crippen LogP contribution in [0.15, 0.2) is 0 Å². The van der Waals surface area contributed by atoms with Crippen LogP contribution in [0.3, 0.4) is 0 Å². The molecule has 0 aliphatic carbocycles. The Morgan fingerprint density at radius 1 is 1.43 bits per heavy atom. The molecule has 0 aliphatic heterocycles. The smallest absolute Gasteiger partial charge is 0.294 e. The molecule has 1 aromatic heterocycles. The van der Waals surface area contributed by atoms with E-state index in [1.807, 2.05) is 14.1 Å². The summed E-state index contributed by atoms with van der Waals surface area (Å²) in [5.74, 6) is 0.402. The fourth-order valence-electron chi connectivity index (χ4n) is 0.891. The van der Waals surface area contributed by atoms with Crippen molar-refractivity contribution in [1.29, 1.82) is 0 Å². The molecule has 0 amide bonds. The van der Waals surface area contributed by atoms with Gasteiger partial charge in [0.25, 0.3) is 5.19 Å². The average Bonchev–Trinajstić information content (AvgIpc) is 2.60. The number of halogens is 1. The number of hydrogen-bond acceptors (Lipinski definition) is 5. The van der Waals surface area contributed by atoms with E-state index in [0.29, 0.717) is 17.7 Å². The van der Waals surface area contributed by atoms with Crippen LogP contribution < -0.4 is 4.74 Å². The molecule has 80 valence electrons. The molecule has 0 bridgehead atoms. The highest BCUT2D eigenvalue weighted by atomic mass is 35.5. The van der Waals surface area contributed by atoms with Crippen LogP contribution in [0.5, 0.6) is 5.19 Å². The largest absolute Gasteiger partial charge is 0.469 e. The van der Waals surface area contributed by atoms with E-state index in [0.717, 1.165) is 18.0 Å². The van der Waals surface area contributed by atoms with Gasteiger partial charge in [0.1, 0.15) is 5.01 Å². The predicted octanol–water partition coefficient (Wildman–Crippen LogP) is 1.61. The monoisotopic (exact) mass is 235 g/mol. The summed E-state index contributed by atoms with van der Waals surface area (Å²) in [7, 11) is 4.08. The second kappa shape index (κ2) is 6.16. The number of nitrogens with zero attached hydrogens (tertiary/aromatic N) is 3. The van der Waals surface area contributed by atoms with Gasteiger partial charge in [0.2, 0.25) is 0 Å². The van der Waals surface area contributed by atoms with Crippen LogP contribution in [-0.4, -0.2) is 42.3 Å². The van der Waals surface area contributed by atoms with E-state index in [4.69, 9.17) is 16.3 Å². The van der Waals surface area contributed by atoms with E-state index < -0.39 is 0 Å². The lowest BCUT2D eigenvalue weighted by atomic mass is 10.4. The molecule has 14 heavy (non-hydrogen) atoms. The van der Waals surface area contributed by atoms with Crippen LogP contribution in [0.4, 0.5) is 0 Å². The Bertz CT molecular complexity index is 267. The van der Waals surface area contributed by atoms with Gasteiger partial charge in [-0.25, -0.2) is 0 Å². The average molecular weight is 236 g/mol. The van der Waals surface area contributed by atoms with Crippen LogP contribution in [0.2, 0.25) is 0 Å². The number of rotatable bonds is 6. The van der Waals surface area contributed by atoms with Crippen molar-refractivity contribution in [3.05, 3.63) is 5.01 Å². The Balaban J connectivity index is 2.18. The minimum Gasteiger partial charge on any atom is -0.469 e. The second-order valence-electron chi connectivity index (χ2n) is 3.10. The molecule has 0 fully saturated rings. The summed E-state index contributed by atoms with van der Waals surface area (Å²) in [6.07, 6.45) is 0.989. The van der Waals surface area contributed by atoms with E-state index in [-0.39, 0.29) is 0 Å². The Morgan fingerprint density at radius 2 is 2.21 bits per heavy atom. The molecule has 0 saturated carbocycles. The van der Waals surface area contributed by atoms with Crippen molar-refractivity contribution in [2.45, 2.75) is 12.3 Å². The van der Waals surface area contributed by atoms with Crippen molar-refractivity contribution < 1.29 is 4.74 Å². The lowest BCUT2D eigenvalue weighted by Gasteiger charge is -2.08. The first-order valence-electron chi connectivity index (χ1n) is 4.38. The van der Waals surface area contributed by atoms with E-state index in [1.54, 1.807) is 0 Å². The van der Waals surface area contributed by atoms with Gasteiger partial charge < -0.3 is 9.64 Å². The molecule has 0 radical (unpaired) electrons. The fraction of sp³-hybridized carbons (Fsp3) is 0.750. The molecule has 0 N–H and O–H groups in total. The SMILES string of the molecule is CN(C)CCCOc1nnc(CCl)s1. The van der Waals surface area contributed by atoms with Gasteiger partial charge in [-0.05, 0) is 20.5 Å². The van der Waals surface area contributed by atoms with Crippen LogP contribution in [0.1, 0.15) is 11.4 Å².